The first-order chi connectivity index (χ1) is 9.24. The molecule has 0 aliphatic carbocycles. The predicted octanol–water partition coefficient (Wildman–Crippen LogP) is 3.72. The summed E-state index contributed by atoms with van der Waals surface area (Å²) in [5.74, 6) is 1.41. The van der Waals surface area contributed by atoms with Crippen LogP contribution < -0.4 is 9.47 Å². The van der Waals surface area contributed by atoms with Crippen molar-refractivity contribution in [2.24, 2.45) is 0 Å². The van der Waals surface area contributed by atoms with Crippen molar-refractivity contribution in [3.8, 4) is 17.2 Å². The molecule has 3 aromatic rings. The van der Waals surface area contributed by atoms with Crippen LogP contribution in [0.2, 0.25) is 0 Å². The Morgan fingerprint density at radius 1 is 0.842 bits per heavy atom. The molecule has 0 aliphatic heterocycles. The number of fused-ring (bicyclic) bond motifs is 3. The second kappa shape index (κ2) is 4.35. The summed E-state index contributed by atoms with van der Waals surface area (Å²) < 4.78 is 10.6. The van der Waals surface area contributed by atoms with Crippen LogP contribution in [-0.4, -0.2) is 19.3 Å². The molecule has 1 N–H and O–H groups in total. The van der Waals surface area contributed by atoms with Gasteiger partial charge in [-0.2, -0.15) is 0 Å². The summed E-state index contributed by atoms with van der Waals surface area (Å²) in [6.07, 6.45) is 0. The molecule has 96 valence electrons. The van der Waals surface area contributed by atoms with Gasteiger partial charge in [0.05, 0.1) is 14.2 Å². The molecule has 19 heavy (non-hydrogen) atoms. The summed E-state index contributed by atoms with van der Waals surface area (Å²) in [7, 11) is 3.19. The zero-order valence-corrected chi connectivity index (χ0v) is 10.8. The Morgan fingerprint density at radius 2 is 1.58 bits per heavy atom. The van der Waals surface area contributed by atoms with E-state index in [1.54, 1.807) is 20.3 Å². The lowest BCUT2D eigenvalue weighted by atomic mass is 10.0. The average Bonchev–Trinajstić information content (AvgIpc) is 2.45. The van der Waals surface area contributed by atoms with E-state index in [0.29, 0.717) is 5.75 Å². The number of hydrogen-bond donors (Lipinski definition) is 1. The molecule has 3 nitrogen and oxygen atoms in total. The quantitative estimate of drug-likeness (QED) is 0.708. The van der Waals surface area contributed by atoms with Gasteiger partial charge in [0.25, 0.3) is 0 Å². The van der Waals surface area contributed by atoms with Crippen molar-refractivity contribution in [1.82, 2.24) is 0 Å². The van der Waals surface area contributed by atoms with Gasteiger partial charge in [-0.3, -0.25) is 0 Å². The minimum atomic E-state index is 0.133. The van der Waals surface area contributed by atoms with E-state index in [9.17, 15) is 5.11 Å². The Hall–Kier alpha value is -2.42. The van der Waals surface area contributed by atoms with Gasteiger partial charge in [-0.1, -0.05) is 24.3 Å². The normalized spacial score (nSPS) is 10.8. The summed E-state index contributed by atoms with van der Waals surface area (Å²) in [5.41, 5.74) is 0. The highest BCUT2D eigenvalue weighted by Gasteiger charge is 2.10. The van der Waals surface area contributed by atoms with Crippen LogP contribution in [0.4, 0.5) is 0 Å². The summed E-state index contributed by atoms with van der Waals surface area (Å²) >= 11 is 0. The van der Waals surface area contributed by atoms with Crippen molar-refractivity contribution >= 4 is 21.5 Å². The monoisotopic (exact) mass is 254 g/mol. The molecule has 3 aromatic carbocycles. The number of aromatic hydroxyl groups is 1. The van der Waals surface area contributed by atoms with Gasteiger partial charge in [-0.15, -0.1) is 0 Å². The van der Waals surface area contributed by atoms with E-state index in [-0.39, 0.29) is 5.75 Å². The van der Waals surface area contributed by atoms with Crippen LogP contribution >= 0.6 is 0 Å². The van der Waals surface area contributed by atoms with E-state index in [0.717, 1.165) is 27.3 Å². The van der Waals surface area contributed by atoms with Crippen molar-refractivity contribution in [1.29, 1.82) is 0 Å². The van der Waals surface area contributed by atoms with Gasteiger partial charge in [0.15, 0.2) is 11.5 Å². The van der Waals surface area contributed by atoms with Crippen LogP contribution in [0, 0.1) is 0 Å². The molecular formula is C16H14O3. The van der Waals surface area contributed by atoms with Gasteiger partial charge in [0, 0.05) is 5.39 Å². The van der Waals surface area contributed by atoms with Gasteiger partial charge in [0.1, 0.15) is 5.75 Å². The minimum absolute atomic E-state index is 0.133. The third kappa shape index (κ3) is 1.74. The number of hydrogen-bond acceptors (Lipinski definition) is 3. The highest BCUT2D eigenvalue weighted by Crippen LogP contribution is 2.38. The molecule has 0 spiro atoms. The maximum Gasteiger partial charge on any atom is 0.161 e. The van der Waals surface area contributed by atoms with Gasteiger partial charge in [0.2, 0.25) is 0 Å². The lowest BCUT2D eigenvalue weighted by Gasteiger charge is -2.11. The maximum absolute atomic E-state index is 9.97. The van der Waals surface area contributed by atoms with Crippen LogP contribution in [0.3, 0.4) is 0 Å². The third-order valence-electron chi connectivity index (χ3n) is 3.34. The highest BCUT2D eigenvalue weighted by molar-refractivity contribution is 6.11. The molecule has 0 saturated carbocycles. The van der Waals surface area contributed by atoms with E-state index in [2.05, 4.69) is 0 Å². The van der Waals surface area contributed by atoms with E-state index in [1.165, 1.54) is 0 Å². The first-order valence-electron chi connectivity index (χ1n) is 6.01. The van der Waals surface area contributed by atoms with Crippen LogP contribution in [0.25, 0.3) is 21.5 Å². The largest absolute Gasteiger partial charge is 0.504 e. The van der Waals surface area contributed by atoms with Crippen LogP contribution in [0.15, 0.2) is 42.5 Å². The smallest absolute Gasteiger partial charge is 0.161 e. The molecule has 0 aliphatic rings. The summed E-state index contributed by atoms with van der Waals surface area (Å²) in [6.45, 7) is 0. The van der Waals surface area contributed by atoms with Crippen molar-refractivity contribution in [3.05, 3.63) is 42.5 Å². The second-order valence-corrected chi connectivity index (χ2v) is 4.37. The third-order valence-corrected chi connectivity index (χ3v) is 3.34. The van der Waals surface area contributed by atoms with Gasteiger partial charge < -0.3 is 14.6 Å². The molecule has 0 fully saturated rings. The van der Waals surface area contributed by atoms with Crippen molar-refractivity contribution in [3.63, 3.8) is 0 Å². The molecule has 0 amide bonds. The van der Waals surface area contributed by atoms with Gasteiger partial charge >= 0.3 is 0 Å². The Balaban J connectivity index is 2.48. The predicted molar refractivity (Wildman–Crippen MR) is 76.2 cm³/mol. The lowest BCUT2D eigenvalue weighted by Crippen LogP contribution is -1.88. The van der Waals surface area contributed by atoms with Crippen LogP contribution in [0.5, 0.6) is 17.2 Å². The number of methoxy groups -OCH3 is 2. The molecule has 3 rings (SSSR count). The standard InChI is InChI=1S/C16H14O3/c1-18-14-5-3-4-10-6-7-11-8-15(19-2)13(17)9-12(11)16(10)14/h3-9,17H,1-2H3. The SMILES string of the molecule is COc1cc2ccc3cccc(OC)c3c2cc1O. The van der Waals surface area contributed by atoms with E-state index >= 15 is 0 Å². The first kappa shape index (κ1) is 11.7. The second-order valence-electron chi connectivity index (χ2n) is 4.37. The van der Waals surface area contributed by atoms with Gasteiger partial charge in [-0.25, -0.2) is 0 Å². The fraction of sp³-hybridized carbons (Fsp3) is 0.125. The summed E-state index contributed by atoms with van der Waals surface area (Å²) in [4.78, 5) is 0. The van der Waals surface area contributed by atoms with Crippen molar-refractivity contribution in [2.75, 3.05) is 14.2 Å². The summed E-state index contributed by atoms with van der Waals surface area (Å²) in [6, 6.07) is 13.5. The minimum Gasteiger partial charge on any atom is -0.504 e. The molecule has 0 atom stereocenters. The molecule has 3 heteroatoms. The lowest BCUT2D eigenvalue weighted by molar-refractivity contribution is 0.374. The molecule has 0 saturated heterocycles. The molecular weight excluding hydrogens is 240 g/mol. The fourth-order valence-corrected chi connectivity index (χ4v) is 2.43. The maximum atomic E-state index is 9.97. The highest BCUT2D eigenvalue weighted by atomic mass is 16.5. The Bertz CT molecular complexity index is 763. The molecule has 0 radical (unpaired) electrons. The van der Waals surface area contributed by atoms with E-state index < -0.39 is 0 Å². The molecule has 0 heterocycles. The Kier molecular flexibility index (Phi) is 2.67. The number of ether oxygens (including phenoxy) is 2. The summed E-state index contributed by atoms with van der Waals surface area (Å²) in [5, 5.41) is 14.0. The van der Waals surface area contributed by atoms with Crippen LogP contribution in [-0.2, 0) is 0 Å². The van der Waals surface area contributed by atoms with Crippen molar-refractivity contribution < 1.29 is 14.6 Å². The Morgan fingerprint density at radius 3 is 2.32 bits per heavy atom. The number of benzene rings is 3. The number of rotatable bonds is 2. The number of phenols is 1. The topological polar surface area (TPSA) is 38.7 Å². The zero-order chi connectivity index (χ0) is 13.4. The zero-order valence-electron chi connectivity index (χ0n) is 10.8. The van der Waals surface area contributed by atoms with Crippen LogP contribution in [0.1, 0.15) is 0 Å². The van der Waals surface area contributed by atoms with Gasteiger partial charge in [-0.05, 0) is 34.4 Å². The Labute approximate surface area is 111 Å². The molecule has 0 unspecified atom stereocenters. The van der Waals surface area contributed by atoms with E-state index in [4.69, 9.17) is 9.47 Å². The van der Waals surface area contributed by atoms with E-state index in [1.807, 2.05) is 36.4 Å². The molecule has 0 aromatic heterocycles. The molecule has 0 bridgehead atoms. The fourth-order valence-electron chi connectivity index (χ4n) is 2.43. The average molecular weight is 254 g/mol. The van der Waals surface area contributed by atoms with Crippen molar-refractivity contribution in [2.45, 2.75) is 0 Å². The number of phenolic OH excluding ortho intramolecular Hbond substituents is 1. The first-order valence-corrected chi connectivity index (χ1v) is 6.01.